The molecule has 1 amide bonds. The summed E-state index contributed by atoms with van der Waals surface area (Å²) in [6.07, 6.45) is 1.25. The SMILES string of the molecule is CC[C@@H]1CN(C(=O)[C@@H]2COCCN2)C[C@@H](C)O1. The first-order chi connectivity index (χ1) is 8.20. The highest BCUT2D eigenvalue weighted by Crippen LogP contribution is 2.15. The van der Waals surface area contributed by atoms with Crippen molar-refractivity contribution in [2.75, 3.05) is 32.8 Å². The summed E-state index contributed by atoms with van der Waals surface area (Å²) < 4.78 is 11.1. The summed E-state index contributed by atoms with van der Waals surface area (Å²) in [4.78, 5) is 14.2. The van der Waals surface area contributed by atoms with Crippen molar-refractivity contribution in [3.8, 4) is 0 Å². The molecule has 0 aromatic carbocycles. The van der Waals surface area contributed by atoms with Crippen molar-refractivity contribution in [3.05, 3.63) is 0 Å². The molecule has 1 N–H and O–H groups in total. The van der Waals surface area contributed by atoms with Crippen molar-refractivity contribution >= 4 is 5.91 Å². The van der Waals surface area contributed by atoms with Crippen LogP contribution < -0.4 is 5.32 Å². The largest absolute Gasteiger partial charge is 0.378 e. The molecule has 2 aliphatic heterocycles. The van der Waals surface area contributed by atoms with Crippen molar-refractivity contribution in [3.63, 3.8) is 0 Å². The lowest BCUT2D eigenvalue weighted by molar-refractivity contribution is -0.149. The molecular formula is C12H22N2O3. The Morgan fingerprint density at radius 2 is 2.29 bits per heavy atom. The van der Waals surface area contributed by atoms with Crippen molar-refractivity contribution < 1.29 is 14.3 Å². The zero-order chi connectivity index (χ0) is 12.3. The number of carbonyl (C=O) groups excluding carboxylic acids is 1. The van der Waals surface area contributed by atoms with Crippen LogP contribution in [0.3, 0.4) is 0 Å². The molecule has 0 spiro atoms. The Kier molecular flexibility index (Phi) is 4.36. The summed E-state index contributed by atoms with van der Waals surface area (Å²) in [6.45, 7) is 7.45. The fraction of sp³-hybridized carbons (Fsp3) is 0.917. The Morgan fingerprint density at radius 3 is 2.94 bits per heavy atom. The van der Waals surface area contributed by atoms with E-state index in [1.54, 1.807) is 0 Å². The Hall–Kier alpha value is -0.650. The molecule has 0 unspecified atom stereocenters. The number of amides is 1. The maximum Gasteiger partial charge on any atom is 0.242 e. The maximum atomic E-state index is 12.3. The van der Waals surface area contributed by atoms with Crippen LogP contribution in [0.2, 0.25) is 0 Å². The van der Waals surface area contributed by atoms with Gasteiger partial charge in [0.05, 0.1) is 25.4 Å². The predicted octanol–water partition coefficient (Wildman–Crippen LogP) is 0.000700. The van der Waals surface area contributed by atoms with Gasteiger partial charge in [-0.2, -0.15) is 0 Å². The van der Waals surface area contributed by atoms with Crippen molar-refractivity contribution in [2.24, 2.45) is 0 Å². The smallest absolute Gasteiger partial charge is 0.242 e. The second kappa shape index (κ2) is 5.80. The lowest BCUT2D eigenvalue weighted by Gasteiger charge is -2.38. The Labute approximate surface area is 102 Å². The number of hydrogen-bond acceptors (Lipinski definition) is 4. The molecule has 0 saturated carbocycles. The minimum Gasteiger partial charge on any atom is -0.378 e. The standard InChI is InChI=1S/C12H22N2O3/c1-3-10-7-14(6-9(2)17-10)12(15)11-8-16-5-4-13-11/h9-11,13H,3-8H2,1-2H3/t9-,10-,11+/m1/s1. The van der Waals surface area contributed by atoms with E-state index in [0.717, 1.165) is 13.0 Å². The molecule has 0 aromatic heterocycles. The summed E-state index contributed by atoms with van der Waals surface area (Å²) in [7, 11) is 0. The molecule has 2 fully saturated rings. The zero-order valence-corrected chi connectivity index (χ0v) is 10.6. The Morgan fingerprint density at radius 1 is 1.47 bits per heavy atom. The van der Waals surface area contributed by atoms with Crippen LogP contribution >= 0.6 is 0 Å². The Bertz CT molecular complexity index is 266. The molecule has 98 valence electrons. The number of morpholine rings is 2. The van der Waals surface area contributed by atoms with Crippen molar-refractivity contribution in [1.29, 1.82) is 0 Å². The summed E-state index contributed by atoms with van der Waals surface area (Å²) >= 11 is 0. The predicted molar refractivity (Wildman–Crippen MR) is 63.8 cm³/mol. The van der Waals surface area contributed by atoms with Gasteiger partial charge < -0.3 is 19.7 Å². The molecule has 0 radical (unpaired) electrons. The number of carbonyl (C=O) groups is 1. The third-order valence-electron chi connectivity index (χ3n) is 3.31. The third-order valence-corrected chi connectivity index (χ3v) is 3.31. The topological polar surface area (TPSA) is 50.8 Å². The number of nitrogens with one attached hydrogen (secondary N) is 1. The molecule has 0 bridgehead atoms. The third kappa shape index (κ3) is 3.18. The van der Waals surface area contributed by atoms with Gasteiger partial charge in [-0.15, -0.1) is 0 Å². The van der Waals surface area contributed by atoms with Gasteiger partial charge in [-0.3, -0.25) is 4.79 Å². The maximum absolute atomic E-state index is 12.3. The van der Waals surface area contributed by atoms with Crippen LogP contribution in [0.15, 0.2) is 0 Å². The van der Waals surface area contributed by atoms with Gasteiger partial charge >= 0.3 is 0 Å². The second-order valence-electron chi connectivity index (χ2n) is 4.80. The van der Waals surface area contributed by atoms with E-state index in [2.05, 4.69) is 12.2 Å². The van der Waals surface area contributed by atoms with Gasteiger partial charge in [-0.1, -0.05) is 6.92 Å². The van der Waals surface area contributed by atoms with Gasteiger partial charge in [0.2, 0.25) is 5.91 Å². The first-order valence-corrected chi connectivity index (χ1v) is 6.46. The lowest BCUT2D eigenvalue weighted by Crippen LogP contribution is -2.57. The van der Waals surface area contributed by atoms with Crippen LogP contribution in [0.5, 0.6) is 0 Å². The number of rotatable bonds is 2. The Balaban J connectivity index is 1.93. The fourth-order valence-corrected chi connectivity index (χ4v) is 2.39. The normalized spacial score (nSPS) is 34.7. The van der Waals surface area contributed by atoms with Crippen LogP contribution in [0, 0.1) is 0 Å². The fourth-order valence-electron chi connectivity index (χ4n) is 2.39. The first kappa shape index (κ1) is 12.8. The van der Waals surface area contributed by atoms with E-state index >= 15 is 0 Å². The molecule has 3 atom stereocenters. The zero-order valence-electron chi connectivity index (χ0n) is 10.6. The van der Waals surface area contributed by atoms with Crippen LogP contribution in [0.1, 0.15) is 20.3 Å². The van der Waals surface area contributed by atoms with Crippen LogP contribution in [0.25, 0.3) is 0 Å². The number of ether oxygens (including phenoxy) is 2. The molecule has 2 rings (SSSR count). The summed E-state index contributed by atoms with van der Waals surface area (Å²) in [5, 5.41) is 3.21. The van der Waals surface area contributed by atoms with Gasteiger partial charge in [0, 0.05) is 19.6 Å². The van der Waals surface area contributed by atoms with E-state index in [4.69, 9.17) is 9.47 Å². The molecule has 2 aliphatic rings. The van der Waals surface area contributed by atoms with E-state index in [1.807, 2.05) is 11.8 Å². The monoisotopic (exact) mass is 242 g/mol. The molecule has 5 heteroatoms. The van der Waals surface area contributed by atoms with E-state index < -0.39 is 0 Å². The van der Waals surface area contributed by atoms with Gasteiger partial charge in [0.15, 0.2) is 0 Å². The molecule has 17 heavy (non-hydrogen) atoms. The van der Waals surface area contributed by atoms with E-state index in [0.29, 0.717) is 26.3 Å². The van der Waals surface area contributed by atoms with E-state index in [1.165, 1.54) is 0 Å². The lowest BCUT2D eigenvalue weighted by atomic mass is 10.1. The molecular weight excluding hydrogens is 220 g/mol. The summed E-state index contributed by atoms with van der Waals surface area (Å²) in [5.74, 6) is 0.151. The minimum atomic E-state index is -0.174. The highest BCUT2D eigenvalue weighted by molar-refractivity contribution is 5.82. The van der Waals surface area contributed by atoms with E-state index in [9.17, 15) is 4.79 Å². The van der Waals surface area contributed by atoms with Gasteiger partial charge in [-0.05, 0) is 13.3 Å². The quantitative estimate of drug-likeness (QED) is 0.740. The molecule has 5 nitrogen and oxygen atoms in total. The van der Waals surface area contributed by atoms with Gasteiger partial charge in [0.1, 0.15) is 6.04 Å². The van der Waals surface area contributed by atoms with Gasteiger partial charge in [0.25, 0.3) is 0 Å². The second-order valence-corrected chi connectivity index (χ2v) is 4.80. The van der Waals surface area contributed by atoms with Crippen LogP contribution in [-0.4, -0.2) is 61.9 Å². The van der Waals surface area contributed by atoms with Gasteiger partial charge in [-0.25, -0.2) is 0 Å². The average Bonchev–Trinajstić information content (AvgIpc) is 2.38. The minimum absolute atomic E-state index is 0.127. The number of hydrogen-bond donors (Lipinski definition) is 1. The molecule has 2 heterocycles. The van der Waals surface area contributed by atoms with E-state index in [-0.39, 0.29) is 24.2 Å². The highest BCUT2D eigenvalue weighted by atomic mass is 16.5. The molecule has 0 aliphatic carbocycles. The molecule has 2 saturated heterocycles. The first-order valence-electron chi connectivity index (χ1n) is 6.46. The van der Waals surface area contributed by atoms with Crippen LogP contribution in [0.4, 0.5) is 0 Å². The number of nitrogens with zero attached hydrogens (tertiary/aromatic N) is 1. The highest BCUT2D eigenvalue weighted by Gasteiger charge is 2.32. The molecule has 0 aromatic rings. The van der Waals surface area contributed by atoms with Crippen molar-refractivity contribution in [2.45, 2.75) is 38.5 Å². The average molecular weight is 242 g/mol. The summed E-state index contributed by atoms with van der Waals surface area (Å²) in [6, 6.07) is -0.174. The summed E-state index contributed by atoms with van der Waals surface area (Å²) in [5.41, 5.74) is 0. The van der Waals surface area contributed by atoms with Crippen LogP contribution in [-0.2, 0) is 14.3 Å². The van der Waals surface area contributed by atoms with Crippen molar-refractivity contribution in [1.82, 2.24) is 10.2 Å².